The lowest BCUT2D eigenvalue weighted by Gasteiger charge is -2.03. The minimum Gasteiger partial charge on any atom is -0.295 e. The molecule has 1 amide bonds. The molecule has 18 heavy (non-hydrogen) atoms. The average molecular weight is 242 g/mol. The second-order valence-electron chi connectivity index (χ2n) is 3.84. The summed E-state index contributed by atoms with van der Waals surface area (Å²) < 4.78 is 0. The number of hydrogen-bond donors (Lipinski definition) is 1. The molecule has 5 heteroatoms. The molecule has 0 aliphatic rings. The van der Waals surface area contributed by atoms with Crippen molar-refractivity contribution in [2.24, 2.45) is 0 Å². The fourth-order valence-corrected chi connectivity index (χ4v) is 1.55. The number of pyridine rings is 1. The van der Waals surface area contributed by atoms with Crippen LogP contribution in [0.25, 0.3) is 0 Å². The van der Waals surface area contributed by atoms with Crippen molar-refractivity contribution in [2.45, 2.75) is 19.3 Å². The Morgan fingerprint density at radius 2 is 2.00 bits per heavy atom. The summed E-state index contributed by atoms with van der Waals surface area (Å²) in [5.74, 6) is 0.286. The Morgan fingerprint density at radius 3 is 2.72 bits per heavy atom. The van der Waals surface area contributed by atoms with Gasteiger partial charge in [-0.25, -0.2) is 9.97 Å². The van der Waals surface area contributed by atoms with Gasteiger partial charge in [-0.1, -0.05) is 6.07 Å². The maximum Gasteiger partial charge on any atom is 0.229 e. The van der Waals surface area contributed by atoms with Gasteiger partial charge in [-0.05, 0) is 30.5 Å². The van der Waals surface area contributed by atoms with Gasteiger partial charge in [0.15, 0.2) is 0 Å². The van der Waals surface area contributed by atoms with Crippen LogP contribution in [0.15, 0.2) is 43.0 Å². The van der Waals surface area contributed by atoms with Gasteiger partial charge in [0.25, 0.3) is 0 Å². The van der Waals surface area contributed by atoms with Crippen LogP contribution >= 0.6 is 0 Å². The molecule has 0 saturated heterocycles. The summed E-state index contributed by atoms with van der Waals surface area (Å²) in [6.45, 7) is 0. The molecule has 2 rings (SSSR count). The smallest absolute Gasteiger partial charge is 0.229 e. The fraction of sp³-hybridized carbons (Fsp3) is 0.231. The molecule has 92 valence electrons. The molecule has 0 unspecified atom stereocenters. The molecule has 5 nitrogen and oxygen atoms in total. The second-order valence-corrected chi connectivity index (χ2v) is 3.84. The first-order valence-electron chi connectivity index (χ1n) is 5.80. The van der Waals surface area contributed by atoms with Crippen molar-refractivity contribution in [3.8, 4) is 0 Å². The van der Waals surface area contributed by atoms with E-state index in [1.807, 2.05) is 18.3 Å². The molecule has 0 spiro atoms. The number of aromatic nitrogens is 3. The maximum atomic E-state index is 11.6. The highest BCUT2D eigenvalue weighted by molar-refractivity contribution is 5.88. The number of carbonyl (C=O) groups is 1. The van der Waals surface area contributed by atoms with Crippen molar-refractivity contribution in [1.82, 2.24) is 15.0 Å². The SMILES string of the molecule is O=C(CCCc1cccnc1)Nc1ncccn1. The van der Waals surface area contributed by atoms with Gasteiger partial charge in [-0.3, -0.25) is 15.1 Å². The highest BCUT2D eigenvalue weighted by atomic mass is 16.1. The number of nitrogens with zero attached hydrogens (tertiary/aromatic N) is 3. The summed E-state index contributed by atoms with van der Waals surface area (Å²) >= 11 is 0. The van der Waals surface area contributed by atoms with E-state index >= 15 is 0 Å². The van der Waals surface area contributed by atoms with E-state index in [0.29, 0.717) is 12.4 Å². The number of aryl methyl sites for hydroxylation is 1. The average Bonchev–Trinajstić information content (AvgIpc) is 2.41. The van der Waals surface area contributed by atoms with E-state index in [0.717, 1.165) is 18.4 Å². The summed E-state index contributed by atoms with van der Waals surface area (Å²) in [5, 5.41) is 2.65. The number of rotatable bonds is 5. The molecular formula is C13H14N4O. The highest BCUT2D eigenvalue weighted by Gasteiger charge is 2.03. The molecule has 0 fully saturated rings. The topological polar surface area (TPSA) is 67.8 Å². The molecule has 0 aliphatic heterocycles. The molecule has 2 aromatic rings. The Balaban J connectivity index is 1.73. The Morgan fingerprint density at radius 1 is 1.17 bits per heavy atom. The van der Waals surface area contributed by atoms with Gasteiger partial charge in [-0.15, -0.1) is 0 Å². The largest absolute Gasteiger partial charge is 0.295 e. The summed E-state index contributed by atoms with van der Waals surface area (Å²) in [5.41, 5.74) is 1.14. The summed E-state index contributed by atoms with van der Waals surface area (Å²) in [7, 11) is 0. The van der Waals surface area contributed by atoms with Crippen LogP contribution in [0.4, 0.5) is 5.95 Å². The van der Waals surface area contributed by atoms with Crippen LogP contribution in [-0.2, 0) is 11.2 Å². The predicted octanol–water partition coefficient (Wildman–Crippen LogP) is 1.83. The molecule has 0 atom stereocenters. The molecule has 0 saturated carbocycles. The first kappa shape index (κ1) is 12.2. The Bertz CT molecular complexity index is 487. The number of carbonyl (C=O) groups excluding carboxylic acids is 1. The zero-order valence-corrected chi connectivity index (χ0v) is 9.91. The Labute approximate surface area is 105 Å². The third-order valence-electron chi connectivity index (χ3n) is 2.41. The maximum absolute atomic E-state index is 11.6. The fourth-order valence-electron chi connectivity index (χ4n) is 1.55. The third kappa shape index (κ3) is 3.93. The normalized spacial score (nSPS) is 10.0. The van der Waals surface area contributed by atoms with Gasteiger partial charge < -0.3 is 0 Å². The highest BCUT2D eigenvalue weighted by Crippen LogP contribution is 2.04. The van der Waals surface area contributed by atoms with Crippen molar-refractivity contribution in [3.63, 3.8) is 0 Å². The Kier molecular flexibility index (Phi) is 4.35. The Hall–Kier alpha value is -2.30. The van der Waals surface area contributed by atoms with E-state index in [-0.39, 0.29) is 5.91 Å². The molecule has 0 aromatic carbocycles. The number of anilines is 1. The summed E-state index contributed by atoms with van der Waals surface area (Å²) in [6, 6.07) is 5.61. The van der Waals surface area contributed by atoms with E-state index in [1.54, 1.807) is 24.7 Å². The van der Waals surface area contributed by atoms with Gasteiger partial charge >= 0.3 is 0 Å². The first-order valence-corrected chi connectivity index (χ1v) is 5.80. The first-order chi connectivity index (χ1) is 8.84. The second kappa shape index (κ2) is 6.44. The van der Waals surface area contributed by atoms with Crippen LogP contribution in [0, 0.1) is 0 Å². The van der Waals surface area contributed by atoms with Crippen molar-refractivity contribution in [3.05, 3.63) is 48.5 Å². The number of nitrogens with one attached hydrogen (secondary N) is 1. The van der Waals surface area contributed by atoms with Crippen LogP contribution in [0.3, 0.4) is 0 Å². The van der Waals surface area contributed by atoms with Gasteiger partial charge in [0.1, 0.15) is 0 Å². The minimum atomic E-state index is -0.0647. The van der Waals surface area contributed by atoms with Crippen molar-refractivity contribution in [1.29, 1.82) is 0 Å². The van der Waals surface area contributed by atoms with Crippen LogP contribution in [0.5, 0.6) is 0 Å². The standard InChI is InChI=1S/C13H14N4O/c18-12(17-13-15-8-3-9-16-13)6-1-4-11-5-2-7-14-10-11/h2-3,5,7-10H,1,4,6H2,(H,15,16,17,18). The van der Waals surface area contributed by atoms with E-state index in [2.05, 4.69) is 20.3 Å². The van der Waals surface area contributed by atoms with Gasteiger partial charge in [-0.2, -0.15) is 0 Å². The van der Waals surface area contributed by atoms with E-state index in [9.17, 15) is 4.79 Å². The predicted molar refractivity (Wildman–Crippen MR) is 67.8 cm³/mol. The van der Waals surface area contributed by atoms with Gasteiger partial charge in [0, 0.05) is 31.2 Å². The van der Waals surface area contributed by atoms with Crippen molar-refractivity contribution < 1.29 is 4.79 Å². The molecule has 0 aliphatic carbocycles. The van der Waals surface area contributed by atoms with Crippen molar-refractivity contribution in [2.75, 3.05) is 5.32 Å². The third-order valence-corrected chi connectivity index (χ3v) is 2.41. The molecular weight excluding hydrogens is 228 g/mol. The molecule has 1 N–H and O–H groups in total. The summed E-state index contributed by atoms with van der Waals surface area (Å²) in [4.78, 5) is 23.5. The molecule has 2 heterocycles. The van der Waals surface area contributed by atoms with E-state index in [1.165, 1.54) is 0 Å². The number of hydrogen-bond acceptors (Lipinski definition) is 4. The van der Waals surface area contributed by atoms with E-state index in [4.69, 9.17) is 0 Å². The van der Waals surface area contributed by atoms with Crippen LogP contribution in [-0.4, -0.2) is 20.9 Å². The molecule has 0 radical (unpaired) electrons. The lowest BCUT2D eigenvalue weighted by Crippen LogP contribution is -2.13. The minimum absolute atomic E-state index is 0.0647. The van der Waals surface area contributed by atoms with Crippen LogP contribution in [0.2, 0.25) is 0 Å². The van der Waals surface area contributed by atoms with Gasteiger partial charge in [0.2, 0.25) is 11.9 Å². The van der Waals surface area contributed by atoms with E-state index < -0.39 is 0 Å². The van der Waals surface area contributed by atoms with Crippen LogP contribution in [0.1, 0.15) is 18.4 Å². The van der Waals surface area contributed by atoms with Gasteiger partial charge in [0.05, 0.1) is 0 Å². The number of amides is 1. The lowest BCUT2D eigenvalue weighted by molar-refractivity contribution is -0.116. The zero-order valence-electron chi connectivity index (χ0n) is 9.91. The zero-order chi connectivity index (χ0) is 12.6. The van der Waals surface area contributed by atoms with Crippen LogP contribution < -0.4 is 5.32 Å². The summed E-state index contributed by atoms with van der Waals surface area (Å²) in [6.07, 6.45) is 8.83. The molecule has 0 bridgehead atoms. The lowest BCUT2D eigenvalue weighted by atomic mass is 10.1. The monoisotopic (exact) mass is 242 g/mol. The van der Waals surface area contributed by atoms with Crippen molar-refractivity contribution >= 4 is 11.9 Å². The molecule has 2 aromatic heterocycles. The quantitative estimate of drug-likeness (QED) is 0.868.